The molecule has 0 saturated heterocycles. The van der Waals surface area contributed by atoms with Crippen LogP contribution in [0.25, 0.3) is 0 Å². The molecule has 0 bridgehead atoms. The molecule has 0 atom stereocenters. The van der Waals surface area contributed by atoms with E-state index in [4.69, 9.17) is 18.3 Å². The summed E-state index contributed by atoms with van der Waals surface area (Å²) in [4.78, 5) is 13.2. The Bertz CT molecular complexity index is 2040. The third-order valence-electron chi connectivity index (χ3n) is 14.7. The number of fused-ring (bicyclic) bond motifs is 2. The first-order chi connectivity index (χ1) is 32.8. The van der Waals surface area contributed by atoms with Gasteiger partial charge in [-0.2, -0.15) is 0 Å². The van der Waals surface area contributed by atoms with Gasteiger partial charge in [0.25, 0.3) is 0 Å². The van der Waals surface area contributed by atoms with Crippen molar-refractivity contribution < 1.29 is 23.1 Å². The number of carbonyl (C=O) groups is 1. The molecule has 0 aromatic heterocycles. The third-order valence-corrected chi connectivity index (χ3v) is 15.7. The van der Waals surface area contributed by atoms with Crippen LogP contribution in [0.5, 0.6) is 17.2 Å². The summed E-state index contributed by atoms with van der Waals surface area (Å²) in [6.45, 7) is 46.1. The molecule has 1 heterocycles. The average molecular weight is 998 g/mol. The summed E-state index contributed by atoms with van der Waals surface area (Å²) in [7, 11) is -2.04. The number of ether oxygens (including phenoxy) is 1. The van der Waals surface area contributed by atoms with Crippen LogP contribution in [-0.4, -0.2) is 12.6 Å². The second-order valence-corrected chi connectivity index (χ2v) is 28.6. The van der Waals surface area contributed by atoms with E-state index in [0.717, 1.165) is 69.0 Å². The highest BCUT2D eigenvalue weighted by Crippen LogP contribution is 2.57. The molecule has 0 aliphatic carbocycles. The van der Waals surface area contributed by atoms with Crippen molar-refractivity contribution in [2.45, 2.75) is 292 Å². The van der Waals surface area contributed by atoms with Crippen LogP contribution < -0.4 is 13.6 Å². The van der Waals surface area contributed by atoms with Crippen LogP contribution in [0, 0.1) is 0 Å². The van der Waals surface area contributed by atoms with E-state index in [1.807, 2.05) is 0 Å². The van der Waals surface area contributed by atoms with Gasteiger partial charge in [-0.1, -0.05) is 271 Å². The Morgan fingerprint density at radius 2 is 0.831 bits per heavy atom. The molecular weight excluding hydrogens is 892 g/mol. The molecule has 5 nitrogen and oxygen atoms in total. The van der Waals surface area contributed by atoms with E-state index in [2.05, 4.69) is 175 Å². The SMILES string of the molecule is CCCCCCCCCCCCCCCCCCOC(=O)CCc1cc(C(C)(C)C)c(OP2Oc3c(cc(C(C)(C)C)cc3C(C)(C)C)C(C)c3cc(C(C)(C)C)cc(C(C)(C)C)c3O2)c(C(C)(C)C)c1. The number of carbonyl (C=O) groups excluding carboxylic acids is 1. The van der Waals surface area contributed by atoms with Crippen LogP contribution in [-0.2, 0) is 48.4 Å². The summed E-state index contributed by atoms with van der Waals surface area (Å²) in [6, 6.07) is 14.0. The topological polar surface area (TPSA) is 54.0 Å². The zero-order chi connectivity index (χ0) is 53.2. The van der Waals surface area contributed by atoms with Crippen LogP contribution >= 0.6 is 8.60 Å². The molecule has 0 N–H and O–H groups in total. The lowest BCUT2D eigenvalue weighted by Crippen LogP contribution is -2.24. The third kappa shape index (κ3) is 18.1. The maximum Gasteiger partial charge on any atom is 0.530 e. The van der Waals surface area contributed by atoms with Gasteiger partial charge in [0.2, 0.25) is 0 Å². The summed E-state index contributed by atoms with van der Waals surface area (Å²) in [6.07, 6.45) is 22.2. The van der Waals surface area contributed by atoms with Gasteiger partial charge in [-0.3, -0.25) is 4.79 Å². The predicted molar refractivity (Wildman–Crippen MR) is 307 cm³/mol. The fourth-order valence-corrected chi connectivity index (χ4v) is 10.9. The van der Waals surface area contributed by atoms with Gasteiger partial charge in [0.15, 0.2) is 0 Å². The minimum Gasteiger partial charge on any atom is -0.466 e. The van der Waals surface area contributed by atoms with Gasteiger partial charge in [0, 0.05) is 45.7 Å². The molecule has 400 valence electrons. The zero-order valence-corrected chi connectivity index (χ0v) is 50.4. The van der Waals surface area contributed by atoms with Crippen LogP contribution in [0.2, 0.25) is 0 Å². The Morgan fingerprint density at radius 1 is 0.479 bits per heavy atom. The van der Waals surface area contributed by atoms with Crippen LogP contribution in [0.3, 0.4) is 0 Å². The van der Waals surface area contributed by atoms with E-state index in [0.29, 0.717) is 19.4 Å². The highest BCUT2D eigenvalue weighted by Gasteiger charge is 2.40. The minimum atomic E-state index is -2.04. The van der Waals surface area contributed by atoms with E-state index in [1.54, 1.807) is 0 Å². The number of esters is 1. The van der Waals surface area contributed by atoms with Crippen molar-refractivity contribution in [3.63, 3.8) is 0 Å². The normalized spacial score (nSPS) is 15.8. The lowest BCUT2D eigenvalue weighted by atomic mass is 9.74. The Kier molecular flexibility index (Phi) is 21.7. The van der Waals surface area contributed by atoms with Gasteiger partial charge >= 0.3 is 14.6 Å². The molecule has 1 aliphatic rings. The summed E-state index contributed by atoms with van der Waals surface area (Å²) in [5, 5.41) is 0. The molecule has 0 fully saturated rings. The van der Waals surface area contributed by atoms with Gasteiger partial charge in [0.05, 0.1) is 6.61 Å². The monoisotopic (exact) mass is 997 g/mol. The second kappa shape index (κ2) is 25.5. The van der Waals surface area contributed by atoms with Crippen LogP contribution in [0.1, 0.15) is 304 Å². The van der Waals surface area contributed by atoms with Crippen molar-refractivity contribution >= 4 is 14.6 Å². The Morgan fingerprint density at radius 3 is 1.17 bits per heavy atom. The summed E-state index contributed by atoms with van der Waals surface area (Å²) in [5.74, 6) is 2.38. The lowest BCUT2D eigenvalue weighted by molar-refractivity contribution is -0.143. The predicted octanol–water partition coefficient (Wildman–Crippen LogP) is 20.4. The van der Waals surface area contributed by atoms with E-state index >= 15 is 0 Å². The average Bonchev–Trinajstić information content (AvgIpc) is 3.23. The molecule has 4 rings (SSSR count). The van der Waals surface area contributed by atoms with Crippen molar-refractivity contribution in [1.29, 1.82) is 0 Å². The summed E-state index contributed by atoms with van der Waals surface area (Å²) < 4.78 is 28.0. The van der Waals surface area contributed by atoms with Crippen molar-refractivity contribution in [2.75, 3.05) is 6.61 Å². The molecule has 3 aromatic carbocycles. The molecule has 0 unspecified atom stereocenters. The highest BCUT2D eigenvalue weighted by molar-refractivity contribution is 7.43. The number of hydrogen-bond acceptors (Lipinski definition) is 5. The highest BCUT2D eigenvalue weighted by atomic mass is 31.2. The first-order valence-electron chi connectivity index (χ1n) is 28.4. The lowest BCUT2D eigenvalue weighted by Gasteiger charge is -2.37. The molecule has 1 aliphatic heterocycles. The molecule has 3 aromatic rings. The van der Waals surface area contributed by atoms with Gasteiger partial charge < -0.3 is 18.3 Å². The van der Waals surface area contributed by atoms with Gasteiger partial charge in [-0.15, -0.1) is 0 Å². The zero-order valence-electron chi connectivity index (χ0n) is 49.5. The molecular formula is C65H105O5P. The van der Waals surface area contributed by atoms with Crippen molar-refractivity contribution in [2.24, 2.45) is 0 Å². The fourth-order valence-electron chi connectivity index (χ4n) is 9.78. The van der Waals surface area contributed by atoms with Crippen molar-refractivity contribution in [3.8, 4) is 17.2 Å². The van der Waals surface area contributed by atoms with E-state index < -0.39 is 8.60 Å². The molecule has 71 heavy (non-hydrogen) atoms. The van der Waals surface area contributed by atoms with Crippen LogP contribution in [0.15, 0.2) is 36.4 Å². The number of unbranched alkanes of at least 4 members (excludes halogenated alkanes) is 15. The maximum absolute atomic E-state index is 13.2. The van der Waals surface area contributed by atoms with Gasteiger partial charge in [0.1, 0.15) is 17.2 Å². The fraction of sp³-hybridized carbons (Fsp3) is 0.708. The Hall–Kier alpha value is -3.04. The second-order valence-electron chi connectivity index (χ2n) is 27.6. The quantitative estimate of drug-likeness (QED) is 0.0570. The molecule has 0 spiro atoms. The van der Waals surface area contributed by atoms with Crippen molar-refractivity contribution in [1.82, 2.24) is 0 Å². The first kappa shape index (κ1) is 60.5. The number of benzene rings is 3. The summed E-state index contributed by atoms with van der Waals surface area (Å²) in [5.41, 5.74) is 9.29. The molecule has 0 amide bonds. The minimum absolute atomic E-state index is 0.0147. The molecule has 6 heteroatoms. The Labute approximate surface area is 438 Å². The Balaban J connectivity index is 1.58. The number of rotatable bonds is 22. The first-order valence-corrected chi connectivity index (χ1v) is 29.5. The van der Waals surface area contributed by atoms with Crippen LogP contribution in [0.4, 0.5) is 0 Å². The number of hydrogen-bond donors (Lipinski definition) is 0. The standard InChI is InChI=1S/C65H105O5P/c1-21-22-23-24-25-26-27-28-29-30-31-32-33-34-35-36-39-67-56(66)38-37-47-40-52(62(9,10)11)59(53(41-47)63(12,13)14)70-71-68-57-50(42-48(60(3,4)5)44-54(57)64(15,16)17)46(2)51-43-49(61(6,7)8)45-55(58(51)69-71)65(18,19)20/h40-46H,21-39H2,1-20H3. The summed E-state index contributed by atoms with van der Waals surface area (Å²) >= 11 is 0. The van der Waals surface area contributed by atoms with E-state index in [9.17, 15) is 4.79 Å². The van der Waals surface area contributed by atoms with Gasteiger partial charge in [-0.05, 0) is 62.0 Å². The van der Waals surface area contributed by atoms with E-state index in [-0.39, 0.29) is 44.4 Å². The van der Waals surface area contributed by atoms with E-state index in [1.165, 1.54) is 101 Å². The molecule has 0 radical (unpaired) electrons. The molecule has 0 saturated carbocycles. The maximum atomic E-state index is 13.2. The number of aryl methyl sites for hydroxylation is 1. The largest absolute Gasteiger partial charge is 0.530 e. The van der Waals surface area contributed by atoms with Crippen molar-refractivity contribution in [3.05, 3.63) is 86.5 Å². The smallest absolute Gasteiger partial charge is 0.466 e. The van der Waals surface area contributed by atoms with Gasteiger partial charge in [-0.25, -0.2) is 0 Å².